The molecule has 2 aromatic rings. The monoisotopic (exact) mass is 273 g/mol. The summed E-state index contributed by atoms with van der Waals surface area (Å²) >= 11 is 0. The first kappa shape index (κ1) is 13.3. The number of rotatable bonds is 3. The number of aromatic nitrogens is 1. The van der Waals surface area contributed by atoms with Crippen LogP contribution in [0.1, 0.15) is 17.4 Å². The second-order valence-corrected chi connectivity index (χ2v) is 3.70. The lowest BCUT2D eigenvalue weighted by atomic mass is 10.2. The molecule has 0 spiro atoms. The molecule has 0 radical (unpaired) electrons. The molecular formula is C12H10F3NO3. The van der Waals surface area contributed by atoms with Crippen LogP contribution in [0, 0.1) is 0 Å². The van der Waals surface area contributed by atoms with Crippen LogP contribution in [0.4, 0.5) is 13.2 Å². The van der Waals surface area contributed by atoms with Crippen LogP contribution in [0.3, 0.4) is 0 Å². The van der Waals surface area contributed by atoms with Crippen LogP contribution in [-0.4, -0.2) is 23.9 Å². The van der Waals surface area contributed by atoms with Gasteiger partial charge in [0.05, 0.1) is 6.61 Å². The summed E-state index contributed by atoms with van der Waals surface area (Å²) in [7, 11) is 0. The maximum atomic E-state index is 12.1. The lowest BCUT2D eigenvalue weighted by Gasteiger charge is -2.08. The molecule has 0 unspecified atom stereocenters. The summed E-state index contributed by atoms with van der Waals surface area (Å²) in [6, 6.07) is 5.18. The molecule has 0 aliphatic rings. The molecule has 4 nitrogen and oxygen atoms in total. The number of ether oxygens (including phenoxy) is 2. The number of nitrogens with one attached hydrogen (secondary N) is 1. The topological polar surface area (TPSA) is 51.3 Å². The van der Waals surface area contributed by atoms with E-state index in [4.69, 9.17) is 4.74 Å². The minimum absolute atomic E-state index is 0.181. The minimum atomic E-state index is -4.74. The van der Waals surface area contributed by atoms with Crippen molar-refractivity contribution in [3.05, 3.63) is 30.0 Å². The summed E-state index contributed by atoms with van der Waals surface area (Å²) in [5, 5.41) is 0.435. The van der Waals surface area contributed by atoms with Crippen molar-refractivity contribution in [1.82, 2.24) is 4.98 Å². The van der Waals surface area contributed by atoms with E-state index < -0.39 is 12.3 Å². The van der Waals surface area contributed by atoms with E-state index >= 15 is 0 Å². The van der Waals surface area contributed by atoms with Gasteiger partial charge in [-0.05, 0) is 31.2 Å². The van der Waals surface area contributed by atoms with Gasteiger partial charge in [-0.3, -0.25) is 0 Å². The number of hydrogen-bond donors (Lipinski definition) is 1. The molecule has 2 rings (SSSR count). The third kappa shape index (κ3) is 3.18. The smallest absolute Gasteiger partial charge is 0.461 e. The number of halogens is 3. The van der Waals surface area contributed by atoms with Gasteiger partial charge < -0.3 is 14.5 Å². The molecule has 7 heteroatoms. The fourth-order valence-corrected chi connectivity index (χ4v) is 1.63. The summed E-state index contributed by atoms with van der Waals surface area (Å²) < 4.78 is 44.8. The maximum absolute atomic E-state index is 12.1. The Morgan fingerprint density at radius 2 is 2.05 bits per heavy atom. The molecule has 0 saturated heterocycles. The number of benzene rings is 1. The zero-order valence-corrected chi connectivity index (χ0v) is 9.88. The third-order valence-electron chi connectivity index (χ3n) is 2.32. The number of H-pyrrole nitrogens is 1. The van der Waals surface area contributed by atoms with E-state index in [0.29, 0.717) is 10.9 Å². The molecule has 0 atom stereocenters. The molecule has 0 aliphatic carbocycles. The molecule has 0 bridgehead atoms. The predicted molar refractivity (Wildman–Crippen MR) is 60.9 cm³/mol. The largest absolute Gasteiger partial charge is 0.573 e. The predicted octanol–water partition coefficient (Wildman–Crippen LogP) is 3.24. The first-order valence-corrected chi connectivity index (χ1v) is 5.44. The van der Waals surface area contributed by atoms with Gasteiger partial charge in [0.25, 0.3) is 0 Å². The van der Waals surface area contributed by atoms with E-state index in [0.717, 1.165) is 0 Å². The van der Waals surface area contributed by atoms with Gasteiger partial charge in [0.1, 0.15) is 11.4 Å². The van der Waals surface area contributed by atoms with E-state index in [-0.39, 0.29) is 18.1 Å². The van der Waals surface area contributed by atoms with Crippen molar-refractivity contribution in [2.24, 2.45) is 0 Å². The average molecular weight is 273 g/mol. The molecule has 19 heavy (non-hydrogen) atoms. The Balaban J connectivity index is 2.31. The van der Waals surface area contributed by atoms with Crippen LogP contribution < -0.4 is 4.74 Å². The zero-order chi connectivity index (χ0) is 14.0. The Kier molecular flexibility index (Phi) is 3.37. The van der Waals surface area contributed by atoms with Crippen molar-refractivity contribution >= 4 is 16.9 Å². The van der Waals surface area contributed by atoms with Gasteiger partial charge in [0, 0.05) is 10.9 Å². The summed E-state index contributed by atoms with van der Waals surface area (Å²) in [5.74, 6) is -0.897. The Labute approximate surface area is 106 Å². The SMILES string of the molecule is CCOC(=O)c1cc2cc(OC(F)(F)F)ccc2[nH]1. The first-order valence-electron chi connectivity index (χ1n) is 5.44. The van der Waals surface area contributed by atoms with Crippen LogP contribution in [0.2, 0.25) is 0 Å². The van der Waals surface area contributed by atoms with Gasteiger partial charge in [-0.2, -0.15) is 0 Å². The number of hydrogen-bond acceptors (Lipinski definition) is 3. The fourth-order valence-electron chi connectivity index (χ4n) is 1.63. The number of carbonyl (C=O) groups is 1. The van der Waals surface area contributed by atoms with Crippen molar-refractivity contribution in [2.75, 3.05) is 6.61 Å². The molecule has 1 aromatic carbocycles. The number of fused-ring (bicyclic) bond motifs is 1. The van der Waals surface area contributed by atoms with Crippen LogP contribution in [0.15, 0.2) is 24.3 Å². The van der Waals surface area contributed by atoms with Crippen molar-refractivity contribution in [3.63, 3.8) is 0 Å². The summed E-state index contributed by atoms with van der Waals surface area (Å²) in [6.07, 6.45) is -4.74. The fraction of sp³-hybridized carbons (Fsp3) is 0.250. The highest BCUT2D eigenvalue weighted by atomic mass is 19.4. The highest BCUT2D eigenvalue weighted by molar-refractivity contribution is 5.95. The third-order valence-corrected chi connectivity index (χ3v) is 2.32. The van der Waals surface area contributed by atoms with Crippen molar-refractivity contribution in [3.8, 4) is 5.75 Å². The molecule has 0 saturated carbocycles. The number of carbonyl (C=O) groups excluding carboxylic acids is 1. The second-order valence-electron chi connectivity index (χ2n) is 3.70. The van der Waals surface area contributed by atoms with E-state index in [9.17, 15) is 18.0 Å². The Bertz CT molecular complexity index is 604. The van der Waals surface area contributed by atoms with Crippen molar-refractivity contribution in [1.29, 1.82) is 0 Å². The summed E-state index contributed by atoms with van der Waals surface area (Å²) in [6.45, 7) is 1.88. The zero-order valence-electron chi connectivity index (χ0n) is 9.88. The van der Waals surface area contributed by atoms with Gasteiger partial charge in [0.15, 0.2) is 0 Å². The van der Waals surface area contributed by atoms with Crippen LogP contribution in [0.5, 0.6) is 5.75 Å². The van der Waals surface area contributed by atoms with E-state index in [1.807, 2.05) is 0 Å². The van der Waals surface area contributed by atoms with Gasteiger partial charge >= 0.3 is 12.3 Å². The Morgan fingerprint density at radius 1 is 1.32 bits per heavy atom. The van der Waals surface area contributed by atoms with Gasteiger partial charge in [0.2, 0.25) is 0 Å². The molecule has 1 N–H and O–H groups in total. The normalized spacial score (nSPS) is 11.6. The molecule has 0 amide bonds. The average Bonchev–Trinajstić information content (AvgIpc) is 2.70. The number of alkyl halides is 3. The van der Waals surface area contributed by atoms with Gasteiger partial charge in [-0.15, -0.1) is 13.2 Å². The quantitative estimate of drug-likeness (QED) is 0.873. The molecule has 1 heterocycles. The van der Waals surface area contributed by atoms with Gasteiger partial charge in [-0.1, -0.05) is 0 Å². The molecule has 0 aliphatic heterocycles. The van der Waals surface area contributed by atoms with E-state index in [1.54, 1.807) is 6.92 Å². The standard InChI is InChI=1S/C12H10F3NO3/c1-2-18-11(17)10-6-7-5-8(19-12(13,14)15)3-4-9(7)16-10/h3-6,16H,2H2,1H3. The lowest BCUT2D eigenvalue weighted by molar-refractivity contribution is -0.274. The second kappa shape index (κ2) is 4.83. The van der Waals surface area contributed by atoms with E-state index in [2.05, 4.69) is 9.72 Å². The Morgan fingerprint density at radius 3 is 2.68 bits per heavy atom. The minimum Gasteiger partial charge on any atom is -0.461 e. The summed E-state index contributed by atoms with van der Waals surface area (Å²) in [5.41, 5.74) is 0.707. The van der Waals surface area contributed by atoms with Crippen molar-refractivity contribution in [2.45, 2.75) is 13.3 Å². The van der Waals surface area contributed by atoms with Crippen LogP contribution in [-0.2, 0) is 4.74 Å². The number of esters is 1. The molecular weight excluding hydrogens is 263 g/mol. The first-order chi connectivity index (χ1) is 8.89. The molecule has 0 fully saturated rings. The van der Waals surface area contributed by atoms with Crippen LogP contribution in [0.25, 0.3) is 10.9 Å². The van der Waals surface area contributed by atoms with Crippen molar-refractivity contribution < 1.29 is 27.4 Å². The highest BCUT2D eigenvalue weighted by Crippen LogP contribution is 2.26. The summed E-state index contributed by atoms with van der Waals surface area (Å²) in [4.78, 5) is 14.2. The highest BCUT2D eigenvalue weighted by Gasteiger charge is 2.31. The molecule has 102 valence electrons. The van der Waals surface area contributed by atoms with Gasteiger partial charge in [-0.25, -0.2) is 4.79 Å². The maximum Gasteiger partial charge on any atom is 0.573 e. The van der Waals surface area contributed by atoms with E-state index in [1.165, 1.54) is 24.3 Å². The lowest BCUT2D eigenvalue weighted by Crippen LogP contribution is -2.16. The number of aromatic amines is 1. The van der Waals surface area contributed by atoms with Crippen LogP contribution >= 0.6 is 0 Å². The Hall–Kier alpha value is -2.18. The molecule has 1 aromatic heterocycles.